The fourth-order valence-electron chi connectivity index (χ4n) is 1.12. The summed E-state index contributed by atoms with van der Waals surface area (Å²) in [5, 5.41) is 0. The summed E-state index contributed by atoms with van der Waals surface area (Å²) < 4.78 is 22.6. The molecule has 0 aromatic heterocycles. The van der Waals surface area contributed by atoms with Crippen LogP contribution >= 0.6 is 0 Å². The summed E-state index contributed by atoms with van der Waals surface area (Å²) in [6, 6.07) is 3.53. The number of rotatable bonds is 4. The van der Waals surface area contributed by atoms with E-state index in [9.17, 15) is 14.0 Å². The normalized spacial score (nSPS) is 9.00. The quantitative estimate of drug-likeness (QED) is 0.352. The van der Waals surface area contributed by atoms with Crippen molar-refractivity contribution in [2.45, 2.75) is 6.92 Å². The Kier molecular flexibility index (Phi) is 5.39. The molecule has 0 unspecified atom stereocenters. The SMILES string of the molecule is CCOC(=O)C#CCOc1cc(F)ccc1C=O. The van der Waals surface area contributed by atoms with Gasteiger partial charge in [0, 0.05) is 12.0 Å². The zero-order valence-corrected chi connectivity index (χ0v) is 9.73. The molecule has 0 heterocycles. The Morgan fingerprint density at radius 3 is 2.94 bits per heavy atom. The number of aldehydes is 1. The predicted octanol–water partition coefficient (Wildman–Crippen LogP) is 1.58. The van der Waals surface area contributed by atoms with E-state index in [4.69, 9.17) is 4.74 Å². The second-order valence-corrected chi connectivity index (χ2v) is 3.11. The standard InChI is InChI=1S/C13H11FO4/c1-2-17-13(16)4-3-7-18-12-8-11(14)6-5-10(12)9-15/h5-6,8-9H,2,7H2,1H3. The van der Waals surface area contributed by atoms with Gasteiger partial charge in [0.2, 0.25) is 0 Å². The summed E-state index contributed by atoms with van der Waals surface area (Å²) in [6.45, 7) is 1.77. The number of hydrogen-bond acceptors (Lipinski definition) is 4. The number of hydrogen-bond donors (Lipinski definition) is 0. The molecule has 0 spiro atoms. The molecule has 1 aromatic rings. The summed E-state index contributed by atoms with van der Waals surface area (Å²) in [4.78, 5) is 21.5. The van der Waals surface area contributed by atoms with E-state index in [0.717, 1.165) is 12.1 Å². The zero-order chi connectivity index (χ0) is 13.4. The Morgan fingerprint density at radius 2 is 2.28 bits per heavy atom. The Hall–Kier alpha value is -2.35. The van der Waals surface area contributed by atoms with Crippen LogP contribution in [0.25, 0.3) is 0 Å². The molecule has 0 aliphatic heterocycles. The van der Waals surface area contributed by atoms with E-state index in [0.29, 0.717) is 6.29 Å². The first-order valence-electron chi connectivity index (χ1n) is 5.20. The van der Waals surface area contributed by atoms with Crippen LogP contribution in [0.2, 0.25) is 0 Å². The molecule has 1 rings (SSSR count). The third-order valence-electron chi connectivity index (χ3n) is 1.87. The van der Waals surface area contributed by atoms with E-state index in [-0.39, 0.29) is 24.5 Å². The van der Waals surface area contributed by atoms with Gasteiger partial charge in [0.15, 0.2) is 6.29 Å². The number of carbonyl (C=O) groups is 2. The van der Waals surface area contributed by atoms with Crippen molar-refractivity contribution in [1.82, 2.24) is 0 Å². The lowest BCUT2D eigenvalue weighted by molar-refractivity contribution is -0.136. The minimum Gasteiger partial charge on any atom is -0.480 e. The number of carbonyl (C=O) groups excluding carboxylic acids is 2. The molecule has 0 atom stereocenters. The largest absolute Gasteiger partial charge is 0.480 e. The summed E-state index contributed by atoms with van der Waals surface area (Å²) in [5.41, 5.74) is 0.217. The van der Waals surface area contributed by atoms with Crippen LogP contribution in [0.4, 0.5) is 4.39 Å². The molecule has 0 saturated carbocycles. The molecule has 0 saturated heterocycles. The van der Waals surface area contributed by atoms with Crippen LogP contribution in [0.1, 0.15) is 17.3 Å². The number of esters is 1. The van der Waals surface area contributed by atoms with Gasteiger partial charge in [-0.1, -0.05) is 0 Å². The average molecular weight is 250 g/mol. The highest BCUT2D eigenvalue weighted by Crippen LogP contribution is 2.17. The van der Waals surface area contributed by atoms with Gasteiger partial charge >= 0.3 is 5.97 Å². The Labute approximate surface area is 104 Å². The fourth-order valence-corrected chi connectivity index (χ4v) is 1.12. The van der Waals surface area contributed by atoms with Gasteiger partial charge in [-0.05, 0) is 25.0 Å². The first-order chi connectivity index (χ1) is 8.67. The fraction of sp³-hybridized carbons (Fsp3) is 0.231. The van der Waals surface area contributed by atoms with Crippen LogP contribution in [0.5, 0.6) is 5.75 Å². The maximum Gasteiger partial charge on any atom is 0.384 e. The van der Waals surface area contributed by atoms with Gasteiger partial charge in [-0.3, -0.25) is 4.79 Å². The van der Waals surface area contributed by atoms with Crippen molar-refractivity contribution in [2.75, 3.05) is 13.2 Å². The number of benzene rings is 1. The Bertz CT molecular complexity index is 499. The van der Waals surface area contributed by atoms with E-state index in [1.807, 2.05) is 0 Å². The molecule has 0 N–H and O–H groups in total. The monoisotopic (exact) mass is 250 g/mol. The summed E-state index contributed by atoms with van der Waals surface area (Å²) in [5.74, 6) is 3.50. The van der Waals surface area contributed by atoms with E-state index >= 15 is 0 Å². The van der Waals surface area contributed by atoms with Gasteiger partial charge < -0.3 is 9.47 Å². The van der Waals surface area contributed by atoms with Crippen molar-refractivity contribution in [3.63, 3.8) is 0 Å². The highest BCUT2D eigenvalue weighted by Gasteiger charge is 2.03. The molecule has 0 amide bonds. The molecule has 5 heteroatoms. The first-order valence-corrected chi connectivity index (χ1v) is 5.20. The van der Waals surface area contributed by atoms with E-state index < -0.39 is 11.8 Å². The molecule has 0 aliphatic carbocycles. The van der Waals surface area contributed by atoms with Gasteiger partial charge in [-0.15, -0.1) is 0 Å². The van der Waals surface area contributed by atoms with Gasteiger partial charge in [-0.25, -0.2) is 9.18 Å². The van der Waals surface area contributed by atoms with Crippen LogP contribution in [-0.2, 0) is 9.53 Å². The highest BCUT2D eigenvalue weighted by atomic mass is 19.1. The second kappa shape index (κ2) is 7.07. The van der Waals surface area contributed by atoms with Gasteiger partial charge in [-0.2, -0.15) is 0 Å². The smallest absolute Gasteiger partial charge is 0.384 e. The van der Waals surface area contributed by atoms with Gasteiger partial charge in [0.1, 0.15) is 18.2 Å². The zero-order valence-electron chi connectivity index (χ0n) is 9.73. The van der Waals surface area contributed by atoms with Crippen molar-refractivity contribution < 1.29 is 23.5 Å². The van der Waals surface area contributed by atoms with Crippen LogP contribution in [0.15, 0.2) is 18.2 Å². The van der Waals surface area contributed by atoms with Crippen molar-refractivity contribution >= 4 is 12.3 Å². The second-order valence-electron chi connectivity index (χ2n) is 3.11. The molecule has 0 aliphatic rings. The number of halogens is 1. The summed E-state index contributed by atoms with van der Waals surface area (Å²) in [7, 11) is 0. The molecular weight excluding hydrogens is 239 g/mol. The lowest BCUT2D eigenvalue weighted by atomic mass is 10.2. The van der Waals surface area contributed by atoms with Gasteiger partial charge in [0.05, 0.1) is 12.2 Å². The number of ether oxygens (including phenoxy) is 2. The predicted molar refractivity (Wildman–Crippen MR) is 61.7 cm³/mol. The van der Waals surface area contributed by atoms with Crippen LogP contribution in [0, 0.1) is 17.7 Å². The topological polar surface area (TPSA) is 52.6 Å². The molecule has 94 valence electrons. The van der Waals surface area contributed by atoms with Crippen molar-refractivity contribution in [2.24, 2.45) is 0 Å². The van der Waals surface area contributed by atoms with Crippen LogP contribution in [-0.4, -0.2) is 25.5 Å². The molecule has 4 nitrogen and oxygen atoms in total. The van der Waals surface area contributed by atoms with Crippen molar-refractivity contribution in [3.05, 3.63) is 29.6 Å². The minimum absolute atomic E-state index is 0.0863. The molecule has 18 heavy (non-hydrogen) atoms. The van der Waals surface area contributed by atoms with E-state index in [1.54, 1.807) is 6.92 Å². The van der Waals surface area contributed by atoms with E-state index in [1.165, 1.54) is 6.07 Å². The van der Waals surface area contributed by atoms with E-state index in [2.05, 4.69) is 16.6 Å². The third kappa shape index (κ3) is 4.26. The van der Waals surface area contributed by atoms with Crippen LogP contribution < -0.4 is 4.74 Å². The van der Waals surface area contributed by atoms with Crippen LogP contribution in [0.3, 0.4) is 0 Å². The maximum atomic E-state index is 12.9. The molecular formula is C13H11FO4. The highest BCUT2D eigenvalue weighted by molar-refractivity contribution is 5.88. The third-order valence-corrected chi connectivity index (χ3v) is 1.87. The van der Waals surface area contributed by atoms with Crippen molar-refractivity contribution in [3.8, 4) is 17.6 Å². The Morgan fingerprint density at radius 1 is 1.50 bits per heavy atom. The summed E-state index contributed by atoms with van der Waals surface area (Å²) >= 11 is 0. The van der Waals surface area contributed by atoms with Gasteiger partial charge in [0.25, 0.3) is 0 Å². The minimum atomic E-state index is -0.657. The lowest BCUT2D eigenvalue weighted by Crippen LogP contribution is -2.02. The average Bonchev–Trinajstić information content (AvgIpc) is 2.35. The molecule has 0 fully saturated rings. The maximum absolute atomic E-state index is 12.9. The lowest BCUT2D eigenvalue weighted by Gasteiger charge is -2.04. The van der Waals surface area contributed by atoms with Crippen molar-refractivity contribution in [1.29, 1.82) is 0 Å². The molecule has 0 radical (unpaired) electrons. The molecule has 1 aromatic carbocycles. The summed E-state index contributed by atoms with van der Waals surface area (Å²) in [6.07, 6.45) is 0.549. The Balaban J connectivity index is 2.61. The molecule has 0 bridgehead atoms. The first kappa shape index (κ1) is 13.7.